The average Bonchev–Trinajstić information content (AvgIpc) is 3.86. The number of amides is 1. The van der Waals surface area contributed by atoms with Gasteiger partial charge in [0.15, 0.2) is 5.01 Å². The van der Waals surface area contributed by atoms with Gasteiger partial charge in [0, 0.05) is 25.0 Å². The number of aromatic nitrogens is 4. The average molecular weight is 570 g/mol. The minimum atomic E-state index is -3.41. The molecule has 39 heavy (non-hydrogen) atoms. The van der Waals surface area contributed by atoms with E-state index >= 15 is 0 Å². The fraction of sp³-hybridized carbons (Fsp3) is 0.500. The SMILES string of the molecule is CCOc1cncc(-c2cnc(C(=O)N[C@H](c3cc(NS(=O)(=O)C4CC4)ccn3)[C@H]3CCN(C4CC4)C3)s2)n1. The van der Waals surface area contributed by atoms with Gasteiger partial charge >= 0.3 is 0 Å². The van der Waals surface area contributed by atoms with Crippen LogP contribution in [-0.4, -0.2) is 70.1 Å². The van der Waals surface area contributed by atoms with Crippen molar-refractivity contribution in [1.29, 1.82) is 0 Å². The van der Waals surface area contributed by atoms with Gasteiger partial charge in [0.25, 0.3) is 5.91 Å². The zero-order valence-electron chi connectivity index (χ0n) is 21.6. The molecule has 2 N–H and O–H groups in total. The minimum absolute atomic E-state index is 0.144. The van der Waals surface area contributed by atoms with E-state index < -0.39 is 10.0 Å². The molecule has 6 rings (SSSR count). The molecule has 1 amide bonds. The Balaban J connectivity index is 1.23. The summed E-state index contributed by atoms with van der Waals surface area (Å²) in [5, 5.41) is 3.15. The molecular formula is C26H31N7O4S2. The van der Waals surface area contributed by atoms with Gasteiger partial charge in [-0.25, -0.2) is 18.4 Å². The number of ether oxygens (including phenoxy) is 1. The minimum Gasteiger partial charge on any atom is -0.477 e. The number of nitrogens with one attached hydrogen (secondary N) is 2. The van der Waals surface area contributed by atoms with Crippen LogP contribution in [-0.2, 0) is 10.0 Å². The molecule has 2 aliphatic carbocycles. The maximum atomic E-state index is 13.5. The molecule has 3 aromatic heterocycles. The fourth-order valence-electron chi connectivity index (χ4n) is 4.98. The Morgan fingerprint density at radius 1 is 1.18 bits per heavy atom. The van der Waals surface area contributed by atoms with Crippen LogP contribution >= 0.6 is 11.3 Å². The third-order valence-electron chi connectivity index (χ3n) is 7.26. The van der Waals surface area contributed by atoms with E-state index in [0.717, 1.165) is 19.5 Å². The number of hydrogen-bond acceptors (Lipinski definition) is 10. The number of thiazole rings is 1. The van der Waals surface area contributed by atoms with Crippen LogP contribution in [0.15, 0.2) is 36.9 Å². The summed E-state index contributed by atoms with van der Waals surface area (Å²) in [6.45, 7) is 4.19. The molecular weight excluding hydrogens is 538 g/mol. The highest BCUT2D eigenvalue weighted by Crippen LogP contribution is 2.37. The van der Waals surface area contributed by atoms with E-state index in [1.54, 1.807) is 36.9 Å². The molecule has 11 nitrogen and oxygen atoms in total. The van der Waals surface area contributed by atoms with Gasteiger partial charge in [-0.2, -0.15) is 0 Å². The van der Waals surface area contributed by atoms with Gasteiger partial charge in [-0.1, -0.05) is 0 Å². The van der Waals surface area contributed by atoms with E-state index in [2.05, 4.69) is 34.9 Å². The maximum absolute atomic E-state index is 13.5. The van der Waals surface area contributed by atoms with Crippen molar-refractivity contribution in [2.24, 2.45) is 5.92 Å². The van der Waals surface area contributed by atoms with Crippen molar-refractivity contribution < 1.29 is 17.9 Å². The Bertz CT molecular complexity index is 1460. The highest BCUT2D eigenvalue weighted by molar-refractivity contribution is 7.93. The number of likely N-dealkylation sites (tertiary alicyclic amines) is 1. The van der Waals surface area contributed by atoms with Crippen LogP contribution < -0.4 is 14.8 Å². The second-order valence-corrected chi connectivity index (χ2v) is 13.2. The number of carbonyl (C=O) groups is 1. The van der Waals surface area contributed by atoms with Gasteiger partial charge in [-0.05, 0) is 63.6 Å². The summed E-state index contributed by atoms with van der Waals surface area (Å²) in [4.78, 5) is 34.2. The summed E-state index contributed by atoms with van der Waals surface area (Å²) in [6, 6.07) is 3.64. The lowest BCUT2D eigenvalue weighted by Crippen LogP contribution is -2.35. The normalized spacial score (nSPS) is 20.5. The van der Waals surface area contributed by atoms with E-state index in [1.165, 1.54) is 24.2 Å². The van der Waals surface area contributed by atoms with Crippen LogP contribution in [0.1, 0.15) is 60.6 Å². The molecule has 3 fully saturated rings. The molecule has 0 bridgehead atoms. The number of nitrogens with zero attached hydrogens (tertiary/aromatic N) is 5. The summed E-state index contributed by atoms with van der Waals surface area (Å²) >= 11 is 1.23. The Morgan fingerprint density at radius 3 is 2.79 bits per heavy atom. The number of sulfonamides is 1. The van der Waals surface area contributed by atoms with Gasteiger partial charge in [0.2, 0.25) is 15.9 Å². The lowest BCUT2D eigenvalue weighted by Gasteiger charge is -2.25. The molecule has 3 aromatic rings. The largest absolute Gasteiger partial charge is 0.477 e. The van der Waals surface area contributed by atoms with E-state index in [9.17, 15) is 13.2 Å². The lowest BCUT2D eigenvalue weighted by atomic mass is 9.95. The molecule has 1 saturated heterocycles. The van der Waals surface area contributed by atoms with E-state index in [4.69, 9.17) is 4.74 Å². The molecule has 0 aromatic carbocycles. The van der Waals surface area contributed by atoms with Gasteiger partial charge in [-0.3, -0.25) is 19.5 Å². The predicted molar refractivity (Wildman–Crippen MR) is 147 cm³/mol. The third kappa shape index (κ3) is 6.04. The standard InChI is InChI=1S/C26H31N7O4S2/c1-2-37-23-14-27-12-21(30-23)22-13-29-26(38-22)25(34)31-24(16-8-10-33(15-16)18-3-4-18)20-11-17(7-9-28-20)32-39(35,36)19-5-6-19/h7,9,11-14,16,18-19,24H,2-6,8,10,15H2,1H3,(H,28,32)(H,31,34)/t16-,24-/m0/s1. The summed E-state index contributed by atoms with van der Waals surface area (Å²) in [5.41, 5.74) is 1.68. The summed E-state index contributed by atoms with van der Waals surface area (Å²) < 4.78 is 33.2. The zero-order valence-corrected chi connectivity index (χ0v) is 23.2. The van der Waals surface area contributed by atoms with E-state index in [1.807, 2.05) is 6.92 Å². The Kier molecular flexibility index (Phi) is 7.21. The van der Waals surface area contributed by atoms with Crippen molar-refractivity contribution in [3.8, 4) is 16.5 Å². The van der Waals surface area contributed by atoms with Crippen molar-refractivity contribution in [1.82, 2.24) is 30.2 Å². The molecule has 4 heterocycles. The zero-order chi connectivity index (χ0) is 27.0. The molecule has 0 radical (unpaired) electrons. The molecule has 3 aliphatic rings. The van der Waals surface area contributed by atoms with Crippen LogP contribution in [0.5, 0.6) is 5.88 Å². The highest BCUT2D eigenvalue weighted by Gasteiger charge is 2.39. The Hall–Kier alpha value is -3.16. The van der Waals surface area contributed by atoms with Crippen molar-refractivity contribution >= 4 is 33.0 Å². The van der Waals surface area contributed by atoms with E-state index in [-0.39, 0.29) is 23.1 Å². The number of anilines is 1. The fourth-order valence-corrected chi connectivity index (χ4v) is 7.14. The number of rotatable bonds is 11. The Morgan fingerprint density at radius 2 is 2.03 bits per heavy atom. The number of carbonyl (C=O) groups excluding carboxylic acids is 1. The van der Waals surface area contributed by atoms with Crippen LogP contribution in [0, 0.1) is 5.92 Å². The first-order chi connectivity index (χ1) is 18.9. The molecule has 0 spiro atoms. The van der Waals surface area contributed by atoms with Crippen LogP contribution in [0.4, 0.5) is 5.69 Å². The van der Waals surface area contributed by atoms with Gasteiger partial charge in [0.1, 0.15) is 5.69 Å². The summed E-state index contributed by atoms with van der Waals surface area (Å²) in [5.74, 6) is 0.255. The monoisotopic (exact) mass is 569 g/mol. The van der Waals surface area contributed by atoms with Gasteiger partial charge < -0.3 is 15.0 Å². The van der Waals surface area contributed by atoms with Gasteiger partial charge in [0.05, 0.1) is 46.6 Å². The quantitative estimate of drug-likeness (QED) is 0.356. The third-order valence-corrected chi connectivity index (χ3v) is 10.1. The number of pyridine rings is 1. The van der Waals surface area contributed by atoms with E-state index in [0.29, 0.717) is 58.3 Å². The topological polar surface area (TPSA) is 139 Å². The molecule has 0 unspecified atom stereocenters. The second-order valence-electron chi connectivity index (χ2n) is 10.2. The number of hydrogen-bond donors (Lipinski definition) is 2. The van der Waals surface area contributed by atoms with Gasteiger partial charge in [-0.15, -0.1) is 11.3 Å². The lowest BCUT2D eigenvalue weighted by molar-refractivity contribution is 0.0920. The molecule has 206 valence electrons. The Labute approximate surface area is 231 Å². The molecule has 13 heteroatoms. The van der Waals surface area contributed by atoms with Crippen molar-refractivity contribution in [2.75, 3.05) is 24.4 Å². The van der Waals surface area contributed by atoms with Crippen molar-refractivity contribution in [3.63, 3.8) is 0 Å². The van der Waals surface area contributed by atoms with Crippen LogP contribution in [0.25, 0.3) is 10.6 Å². The first-order valence-electron chi connectivity index (χ1n) is 13.3. The van der Waals surface area contributed by atoms with Crippen LogP contribution in [0.3, 0.4) is 0 Å². The predicted octanol–water partition coefficient (Wildman–Crippen LogP) is 3.25. The van der Waals surface area contributed by atoms with Crippen molar-refractivity contribution in [3.05, 3.63) is 47.6 Å². The molecule has 2 saturated carbocycles. The van der Waals surface area contributed by atoms with Crippen molar-refractivity contribution in [2.45, 2.75) is 56.4 Å². The van der Waals surface area contributed by atoms with Crippen LogP contribution in [0.2, 0.25) is 0 Å². The summed E-state index contributed by atoms with van der Waals surface area (Å²) in [6.07, 6.45) is 11.1. The smallest absolute Gasteiger partial charge is 0.280 e. The summed E-state index contributed by atoms with van der Waals surface area (Å²) in [7, 11) is -3.41. The maximum Gasteiger partial charge on any atom is 0.280 e. The second kappa shape index (κ2) is 10.8. The highest BCUT2D eigenvalue weighted by atomic mass is 32.2. The molecule has 1 aliphatic heterocycles. The first kappa shape index (κ1) is 26.1. The molecule has 2 atom stereocenters. The first-order valence-corrected chi connectivity index (χ1v) is 15.7.